The second-order valence-corrected chi connectivity index (χ2v) is 4.96. The third-order valence-corrected chi connectivity index (χ3v) is 3.32. The van der Waals surface area contributed by atoms with Gasteiger partial charge in [0.2, 0.25) is 0 Å². The molecule has 6 nitrogen and oxygen atoms in total. The van der Waals surface area contributed by atoms with Crippen LogP contribution < -0.4 is 15.4 Å². The van der Waals surface area contributed by atoms with E-state index in [1.807, 2.05) is 25.1 Å². The van der Waals surface area contributed by atoms with Gasteiger partial charge < -0.3 is 15.4 Å². The molecule has 0 spiro atoms. The van der Waals surface area contributed by atoms with Gasteiger partial charge in [-0.1, -0.05) is 0 Å². The van der Waals surface area contributed by atoms with E-state index in [0.29, 0.717) is 11.4 Å². The van der Waals surface area contributed by atoms with Crippen LogP contribution in [0.25, 0.3) is 0 Å². The number of carbonyl (C=O) groups is 1. The van der Waals surface area contributed by atoms with Crippen LogP contribution in [0.4, 0.5) is 11.4 Å². The molecule has 2 N–H and O–H groups in total. The summed E-state index contributed by atoms with van der Waals surface area (Å²) in [6, 6.07) is 5.62. The molecule has 1 aliphatic rings. The lowest BCUT2D eigenvalue weighted by Crippen LogP contribution is -2.34. The number of hydrogen-bond acceptors (Lipinski definition) is 5. The van der Waals surface area contributed by atoms with Crippen molar-refractivity contribution in [2.45, 2.75) is 26.0 Å². The minimum atomic E-state index is -0.463. The predicted molar refractivity (Wildman–Crippen MR) is 79.2 cm³/mol. The highest BCUT2D eigenvalue weighted by molar-refractivity contribution is 5.98. The molecule has 0 fully saturated rings. The van der Waals surface area contributed by atoms with Crippen molar-refractivity contribution in [3.63, 3.8) is 0 Å². The van der Waals surface area contributed by atoms with Crippen molar-refractivity contribution in [1.29, 1.82) is 0 Å². The minimum Gasteiger partial charge on any atom is -0.479 e. The summed E-state index contributed by atoms with van der Waals surface area (Å²) >= 11 is 0. The number of hydrogen-bond donors (Lipinski definition) is 2. The van der Waals surface area contributed by atoms with E-state index < -0.39 is 6.10 Å². The first-order valence-electron chi connectivity index (χ1n) is 6.77. The highest BCUT2D eigenvalue weighted by atomic mass is 16.5. The molecule has 3 rings (SSSR count). The molecule has 1 aliphatic heterocycles. The first kappa shape index (κ1) is 13.4. The van der Waals surface area contributed by atoms with E-state index in [1.165, 1.54) is 0 Å². The second-order valence-electron chi connectivity index (χ2n) is 4.96. The Kier molecular flexibility index (Phi) is 3.43. The zero-order chi connectivity index (χ0) is 14.8. The smallest absolute Gasteiger partial charge is 0.265 e. The molecule has 2 unspecified atom stereocenters. The van der Waals surface area contributed by atoms with E-state index in [9.17, 15) is 4.79 Å². The van der Waals surface area contributed by atoms with Crippen molar-refractivity contribution in [3.05, 3.63) is 42.5 Å². The van der Waals surface area contributed by atoms with Crippen LogP contribution in [0.15, 0.2) is 36.8 Å². The predicted octanol–water partition coefficient (Wildman–Crippen LogP) is 2.37. The van der Waals surface area contributed by atoms with Crippen molar-refractivity contribution in [1.82, 2.24) is 9.97 Å². The molecule has 1 aromatic heterocycles. The minimum absolute atomic E-state index is 0.0101. The average molecular weight is 284 g/mol. The molecule has 0 saturated heterocycles. The third-order valence-electron chi connectivity index (χ3n) is 3.32. The number of nitrogens with one attached hydrogen (secondary N) is 2. The monoisotopic (exact) mass is 284 g/mol. The maximum Gasteiger partial charge on any atom is 0.265 e. The normalized spacial score (nSPS) is 18.2. The third kappa shape index (κ3) is 2.79. The summed E-state index contributed by atoms with van der Waals surface area (Å²) in [7, 11) is 0. The first-order valence-corrected chi connectivity index (χ1v) is 6.77. The second kappa shape index (κ2) is 5.40. The van der Waals surface area contributed by atoms with Crippen LogP contribution in [0.5, 0.6) is 5.75 Å². The molecule has 2 aromatic rings. The zero-order valence-electron chi connectivity index (χ0n) is 11.8. The van der Waals surface area contributed by atoms with Gasteiger partial charge in [-0.05, 0) is 32.0 Å². The molecule has 1 amide bonds. The Morgan fingerprint density at radius 1 is 1.38 bits per heavy atom. The van der Waals surface area contributed by atoms with E-state index in [0.717, 1.165) is 11.4 Å². The summed E-state index contributed by atoms with van der Waals surface area (Å²) in [5.41, 5.74) is 2.41. The summed E-state index contributed by atoms with van der Waals surface area (Å²) in [5.74, 6) is 0.543. The molecule has 0 saturated carbocycles. The SMILES string of the molecule is CC1Oc2ccc(NC(C)c3cnccn3)cc2NC1=O. The van der Waals surface area contributed by atoms with Crippen LogP contribution in [0, 0.1) is 0 Å². The van der Waals surface area contributed by atoms with Gasteiger partial charge >= 0.3 is 0 Å². The summed E-state index contributed by atoms with van der Waals surface area (Å²) in [5, 5.41) is 6.16. The number of fused-ring (bicyclic) bond motifs is 1. The van der Waals surface area contributed by atoms with Crippen LogP contribution in [-0.4, -0.2) is 22.0 Å². The lowest BCUT2D eigenvalue weighted by molar-refractivity contribution is -0.122. The van der Waals surface area contributed by atoms with Gasteiger partial charge in [0.25, 0.3) is 5.91 Å². The van der Waals surface area contributed by atoms with Crippen molar-refractivity contribution in [2.24, 2.45) is 0 Å². The first-order chi connectivity index (χ1) is 10.1. The molecule has 0 bridgehead atoms. The number of nitrogens with zero attached hydrogens (tertiary/aromatic N) is 2. The zero-order valence-corrected chi connectivity index (χ0v) is 11.8. The quantitative estimate of drug-likeness (QED) is 0.905. The fourth-order valence-electron chi connectivity index (χ4n) is 2.16. The van der Waals surface area contributed by atoms with Gasteiger partial charge in [0.05, 0.1) is 23.6 Å². The molecule has 0 aliphatic carbocycles. The Bertz CT molecular complexity index is 660. The number of aromatic nitrogens is 2. The van der Waals surface area contributed by atoms with Crippen LogP contribution in [0.2, 0.25) is 0 Å². The number of rotatable bonds is 3. The Balaban J connectivity index is 1.78. The fraction of sp³-hybridized carbons (Fsp3) is 0.267. The topological polar surface area (TPSA) is 76.1 Å². The number of benzene rings is 1. The maximum absolute atomic E-state index is 11.6. The lowest BCUT2D eigenvalue weighted by Gasteiger charge is -2.24. The highest BCUT2D eigenvalue weighted by Gasteiger charge is 2.23. The van der Waals surface area contributed by atoms with Gasteiger partial charge in [-0.15, -0.1) is 0 Å². The molecule has 2 atom stereocenters. The van der Waals surface area contributed by atoms with Crippen LogP contribution in [0.3, 0.4) is 0 Å². The summed E-state index contributed by atoms with van der Waals surface area (Å²) in [4.78, 5) is 20.0. The van der Waals surface area contributed by atoms with E-state index in [2.05, 4.69) is 20.6 Å². The van der Waals surface area contributed by atoms with Crippen LogP contribution in [0.1, 0.15) is 25.6 Å². The van der Waals surface area contributed by atoms with Crippen molar-refractivity contribution in [3.8, 4) is 5.75 Å². The van der Waals surface area contributed by atoms with Gasteiger partial charge in [0.15, 0.2) is 6.10 Å². The van der Waals surface area contributed by atoms with Gasteiger partial charge in [-0.2, -0.15) is 0 Å². The Morgan fingerprint density at radius 2 is 2.24 bits per heavy atom. The van der Waals surface area contributed by atoms with Crippen LogP contribution >= 0.6 is 0 Å². The van der Waals surface area contributed by atoms with E-state index in [1.54, 1.807) is 25.5 Å². The highest BCUT2D eigenvalue weighted by Crippen LogP contribution is 2.33. The molecular weight excluding hydrogens is 268 g/mol. The Labute approximate surface area is 122 Å². The van der Waals surface area contributed by atoms with Crippen LogP contribution in [-0.2, 0) is 4.79 Å². The van der Waals surface area contributed by atoms with Gasteiger partial charge in [0.1, 0.15) is 5.75 Å². The lowest BCUT2D eigenvalue weighted by atomic mass is 10.2. The number of carbonyl (C=O) groups excluding carboxylic acids is 1. The summed E-state index contributed by atoms with van der Waals surface area (Å²) < 4.78 is 5.53. The fourth-order valence-corrected chi connectivity index (χ4v) is 2.16. The van der Waals surface area contributed by atoms with Crippen molar-refractivity contribution in [2.75, 3.05) is 10.6 Å². The Morgan fingerprint density at radius 3 is 3.00 bits per heavy atom. The maximum atomic E-state index is 11.6. The number of anilines is 2. The van der Waals surface area contributed by atoms with Gasteiger partial charge in [-0.25, -0.2) is 0 Å². The van der Waals surface area contributed by atoms with E-state index >= 15 is 0 Å². The molecule has 0 radical (unpaired) electrons. The molecule has 6 heteroatoms. The van der Waals surface area contributed by atoms with Crippen molar-refractivity contribution >= 4 is 17.3 Å². The average Bonchev–Trinajstić information content (AvgIpc) is 2.49. The summed E-state index contributed by atoms with van der Waals surface area (Å²) in [6.07, 6.45) is 4.57. The van der Waals surface area contributed by atoms with Gasteiger partial charge in [-0.3, -0.25) is 14.8 Å². The number of ether oxygens (including phenoxy) is 1. The summed E-state index contributed by atoms with van der Waals surface area (Å²) in [6.45, 7) is 3.72. The molecule has 2 heterocycles. The van der Waals surface area contributed by atoms with Crippen molar-refractivity contribution < 1.29 is 9.53 Å². The molecular formula is C15H16N4O2. The van der Waals surface area contributed by atoms with E-state index in [-0.39, 0.29) is 11.9 Å². The largest absolute Gasteiger partial charge is 0.479 e. The molecule has 1 aromatic carbocycles. The number of amides is 1. The van der Waals surface area contributed by atoms with E-state index in [4.69, 9.17) is 4.74 Å². The molecule has 108 valence electrons. The standard InChI is InChI=1S/C15H16N4O2/c1-9(13-8-16-5-6-17-13)18-11-3-4-14-12(7-11)19-15(20)10(2)21-14/h3-10,18H,1-2H3,(H,19,20). The van der Waals surface area contributed by atoms with Gasteiger partial charge in [0, 0.05) is 18.1 Å². The Hall–Kier alpha value is -2.63. The molecule has 21 heavy (non-hydrogen) atoms.